The van der Waals surface area contributed by atoms with Crippen molar-refractivity contribution in [2.45, 2.75) is 5.92 Å². The fourth-order valence-electron chi connectivity index (χ4n) is 2.69. The molecule has 0 amide bonds. The van der Waals surface area contributed by atoms with Crippen molar-refractivity contribution in [3.63, 3.8) is 0 Å². The molecule has 0 aromatic heterocycles. The van der Waals surface area contributed by atoms with Crippen LogP contribution in [0.3, 0.4) is 0 Å². The molecule has 0 unspecified atom stereocenters. The number of carbonyl (C=O) groups excluding carboxylic acids is 1. The van der Waals surface area contributed by atoms with Gasteiger partial charge in [-0.05, 0) is 29.8 Å². The van der Waals surface area contributed by atoms with Gasteiger partial charge in [-0.3, -0.25) is 4.79 Å². The third kappa shape index (κ3) is 3.85. The number of rotatable bonds is 8. The van der Waals surface area contributed by atoms with E-state index in [1.54, 1.807) is 0 Å². The molecule has 0 radical (unpaired) electrons. The number of hydrogen-bond acceptors (Lipinski definition) is 8. The smallest absolute Gasteiger partial charge is 0.200 e. The van der Waals surface area contributed by atoms with Gasteiger partial charge in [0.1, 0.15) is 0 Å². The van der Waals surface area contributed by atoms with Crippen LogP contribution in [0.5, 0.6) is 34.5 Å². The Hall–Kier alpha value is -3.13. The maximum Gasteiger partial charge on any atom is 0.200 e. The van der Waals surface area contributed by atoms with Crippen LogP contribution in [0.2, 0.25) is 0 Å². The Labute approximate surface area is 156 Å². The average Bonchev–Trinajstić information content (AvgIpc) is 2.69. The minimum atomic E-state index is -0.965. The Kier molecular flexibility index (Phi) is 6.36. The number of ether oxygens (including phenoxy) is 4. The van der Waals surface area contributed by atoms with E-state index in [-0.39, 0.29) is 40.1 Å². The van der Waals surface area contributed by atoms with Gasteiger partial charge < -0.3 is 34.3 Å². The van der Waals surface area contributed by atoms with Gasteiger partial charge in [0.15, 0.2) is 28.8 Å². The van der Waals surface area contributed by atoms with E-state index in [1.807, 2.05) is 0 Å². The summed E-state index contributed by atoms with van der Waals surface area (Å²) in [5.41, 5.74) is 0.562. The topological polar surface area (TPSA) is 115 Å². The molecule has 146 valence electrons. The third-order valence-corrected chi connectivity index (χ3v) is 4.17. The van der Waals surface area contributed by atoms with Crippen LogP contribution in [0.25, 0.3) is 0 Å². The molecule has 0 spiro atoms. The van der Waals surface area contributed by atoms with E-state index in [0.29, 0.717) is 5.56 Å². The minimum absolute atomic E-state index is 0.0651. The lowest BCUT2D eigenvalue weighted by Crippen LogP contribution is -2.17. The van der Waals surface area contributed by atoms with Crippen LogP contribution in [0.15, 0.2) is 24.3 Å². The van der Waals surface area contributed by atoms with Crippen molar-refractivity contribution < 1.29 is 39.1 Å². The molecule has 8 nitrogen and oxygen atoms in total. The summed E-state index contributed by atoms with van der Waals surface area (Å²) in [5, 5.41) is 29.9. The summed E-state index contributed by atoms with van der Waals surface area (Å²) in [6.07, 6.45) is 0. The lowest BCUT2D eigenvalue weighted by atomic mass is 9.90. The molecule has 27 heavy (non-hydrogen) atoms. The number of carbonyl (C=O) groups is 1. The van der Waals surface area contributed by atoms with Crippen LogP contribution < -0.4 is 18.9 Å². The second-order valence-corrected chi connectivity index (χ2v) is 5.60. The first-order valence-electron chi connectivity index (χ1n) is 7.96. The quantitative estimate of drug-likeness (QED) is 0.598. The van der Waals surface area contributed by atoms with Crippen LogP contribution in [-0.2, 0) is 0 Å². The highest BCUT2D eigenvalue weighted by atomic mass is 16.5. The van der Waals surface area contributed by atoms with Crippen molar-refractivity contribution in [3.05, 3.63) is 35.4 Å². The SMILES string of the molecule is COc1cc(C(=O)[C@H](CO)c2cc(OC)c(O)c(OC)c2)cc(OC)c1O. The van der Waals surface area contributed by atoms with Gasteiger partial charge in [-0.25, -0.2) is 0 Å². The molecule has 0 aliphatic heterocycles. The summed E-state index contributed by atoms with van der Waals surface area (Å²) < 4.78 is 20.3. The lowest BCUT2D eigenvalue weighted by molar-refractivity contribution is 0.0921. The highest BCUT2D eigenvalue weighted by molar-refractivity contribution is 6.02. The van der Waals surface area contributed by atoms with E-state index in [0.717, 1.165) is 0 Å². The molecule has 2 rings (SSSR count). The number of ketones is 1. The molecule has 0 aliphatic rings. The number of Topliss-reactive ketones (excluding diaryl/α,β-unsaturated/α-hetero) is 1. The van der Waals surface area contributed by atoms with Gasteiger partial charge in [0.25, 0.3) is 0 Å². The molecule has 3 N–H and O–H groups in total. The van der Waals surface area contributed by atoms with Gasteiger partial charge in [-0.2, -0.15) is 0 Å². The normalized spacial score (nSPS) is 11.6. The lowest BCUT2D eigenvalue weighted by Gasteiger charge is -2.18. The Morgan fingerprint density at radius 1 is 0.815 bits per heavy atom. The Bertz CT molecular complexity index is 780. The summed E-state index contributed by atoms with van der Waals surface area (Å²) >= 11 is 0. The first kappa shape index (κ1) is 20.2. The van der Waals surface area contributed by atoms with Crippen LogP contribution in [0.4, 0.5) is 0 Å². The van der Waals surface area contributed by atoms with Crippen molar-refractivity contribution in [3.8, 4) is 34.5 Å². The van der Waals surface area contributed by atoms with E-state index in [1.165, 1.54) is 52.7 Å². The zero-order valence-electron chi connectivity index (χ0n) is 15.5. The van der Waals surface area contributed by atoms with E-state index in [2.05, 4.69) is 0 Å². The molecule has 1 atom stereocenters. The van der Waals surface area contributed by atoms with Crippen molar-refractivity contribution in [1.82, 2.24) is 0 Å². The van der Waals surface area contributed by atoms with Gasteiger partial charge in [0, 0.05) is 5.56 Å². The Morgan fingerprint density at radius 2 is 1.19 bits per heavy atom. The van der Waals surface area contributed by atoms with E-state index in [4.69, 9.17) is 18.9 Å². The maximum absolute atomic E-state index is 13.0. The molecule has 0 heterocycles. The maximum atomic E-state index is 13.0. The predicted octanol–water partition coefficient (Wildman–Crippen LogP) is 2.09. The number of aliphatic hydroxyl groups is 1. The molecule has 0 fully saturated rings. The zero-order chi connectivity index (χ0) is 20.1. The first-order chi connectivity index (χ1) is 12.9. The summed E-state index contributed by atoms with van der Waals surface area (Å²) in [6, 6.07) is 5.62. The molecular weight excluding hydrogens is 356 g/mol. The largest absolute Gasteiger partial charge is 0.502 e. The van der Waals surface area contributed by atoms with Crippen molar-refractivity contribution in [1.29, 1.82) is 0 Å². The van der Waals surface area contributed by atoms with Crippen LogP contribution >= 0.6 is 0 Å². The summed E-state index contributed by atoms with van der Waals surface area (Å²) in [7, 11) is 5.43. The zero-order valence-corrected chi connectivity index (χ0v) is 15.5. The number of methoxy groups -OCH3 is 4. The Morgan fingerprint density at radius 3 is 1.52 bits per heavy atom. The fraction of sp³-hybridized carbons (Fsp3) is 0.316. The molecule has 0 bridgehead atoms. The number of aromatic hydroxyl groups is 2. The molecule has 2 aromatic rings. The highest BCUT2D eigenvalue weighted by Crippen LogP contribution is 2.41. The van der Waals surface area contributed by atoms with Crippen LogP contribution in [-0.4, -0.2) is 56.1 Å². The van der Waals surface area contributed by atoms with Gasteiger partial charge in [0.05, 0.1) is 41.0 Å². The van der Waals surface area contributed by atoms with Gasteiger partial charge >= 0.3 is 0 Å². The molecule has 0 saturated heterocycles. The number of hydrogen-bond donors (Lipinski definition) is 3. The van der Waals surface area contributed by atoms with Crippen molar-refractivity contribution in [2.75, 3.05) is 35.0 Å². The number of aliphatic hydroxyl groups excluding tert-OH is 1. The number of phenolic OH excluding ortho intramolecular Hbond substituents is 2. The highest BCUT2D eigenvalue weighted by Gasteiger charge is 2.26. The van der Waals surface area contributed by atoms with E-state index < -0.39 is 18.3 Å². The van der Waals surface area contributed by atoms with Crippen LogP contribution in [0, 0.1) is 0 Å². The Balaban J connectivity index is 2.54. The van der Waals surface area contributed by atoms with Gasteiger partial charge in [0.2, 0.25) is 11.5 Å². The van der Waals surface area contributed by atoms with Crippen LogP contribution in [0.1, 0.15) is 21.8 Å². The number of phenols is 2. The van der Waals surface area contributed by atoms with Gasteiger partial charge in [-0.1, -0.05) is 0 Å². The third-order valence-electron chi connectivity index (χ3n) is 4.17. The monoisotopic (exact) mass is 378 g/mol. The summed E-state index contributed by atoms with van der Waals surface area (Å²) in [4.78, 5) is 13.0. The van der Waals surface area contributed by atoms with E-state index >= 15 is 0 Å². The molecule has 0 aliphatic carbocycles. The fourth-order valence-corrected chi connectivity index (χ4v) is 2.69. The summed E-state index contributed by atoms with van der Waals surface area (Å²) in [5.74, 6) is -1.50. The molecule has 8 heteroatoms. The molecule has 2 aromatic carbocycles. The average molecular weight is 378 g/mol. The standard InChI is InChI=1S/C19H22O8/c1-24-13-5-10(6-14(25-2)18(13)22)12(9-20)17(21)11-7-15(26-3)19(23)16(8-11)27-4/h5-8,12,20,22-23H,9H2,1-4H3/t12-/m1/s1. The minimum Gasteiger partial charge on any atom is -0.502 e. The molecule has 0 saturated carbocycles. The predicted molar refractivity (Wildman–Crippen MR) is 96.6 cm³/mol. The van der Waals surface area contributed by atoms with Gasteiger partial charge in [-0.15, -0.1) is 0 Å². The summed E-state index contributed by atoms with van der Waals surface area (Å²) in [6.45, 7) is -0.499. The van der Waals surface area contributed by atoms with E-state index in [9.17, 15) is 20.1 Å². The second-order valence-electron chi connectivity index (χ2n) is 5.60. The molecular formula is C19H22O8. The first-order valence-corrected chi connectivity index (χ1v) is 7.96. The number of benzene rings is 2. The van der Waals surface area contributed by atoms with Crippen molar-refractivity contribution >= 4 is 5.78 Å². The second kappa shape index (κ2) is 8.50. The van der Waals surface area contributed by atoms with Crippen molar-refractivity contribution in [2.24, 2.45) is 0 Å².